The van der Waals surface area contributed by atoms with Crippen molar-refractivity contribution in [1.29, 1.82) is 0 Å². The first-order valence-corrected chi connectivity index (χ1v) is 2.95. The molecule has 0 saturated carbocycles. The van der Waals surface area contributed by atoms with Gasteiger partial charge < -0.3 is 10.8 Å². The van der Waals surface area contributed by atoms with Crippen molar-refractivity contribution in [3.63, 3.8) is 0 Å². The summed E-state index contributed by atoms with van der Waals surface area (Å²) in [5.41, 5.74) is 5.37. The van der Waals surface area contributed by atoms with Crippen molar-refractivity contribution in [1.82, 2.24) is 0 Å². The first kappa shape index (κ1) is 8.91. The van der Waals surface area contributed by atoms with Crippen LogP contribution in [0.1, 0.15) is 6.42 Å². The van der Waals surface area contributed by atoms with Gasteiger partial charge in [-0.15, -0.1) is 6.58 Å². The van der Waals surface area contributed by atoms with Gasteiger partial charge in [0.1, 0.15) is 0 Å². The van der Waals surface area contributed by atoms with E-state index in [0.29, 0.717) is 6.42 Å². The van der Waals surface area contributed by atoms with Gasteiger partial charge in [0.15, 0.2) is 0 Å². The number of carboxylic acid groups (broad SMARTS) is 1. The fourth-order valence-electron chi connectivity index (χ4n) is 0.484. The minimum atomic E-state index is -0.954. The highest BCUT2D eigenvalue weighted by Gasteiger charge is 2.01. The van der Waals surface area contributed by atoms with Gasteiger partial charge >= 0.3 is 5.97 Å². The fourth-order valence-corrected chi connectivity index (χ4v) is 0.484. The number of rotatable bonds is 4. The average Bonchev–Trinajstić information content (AvgIpc) is 1.89. The number of carbonyl (C=O) groups is 1. The maximum Gasteiger partial charge on any atom is 0.332 e. The number of nitrogens with two attached hydrogens (primary N) is 1. The summed E-state index contributed by atoms with van der Waals surface area (Å²) < 4.78 is 0. The molecule has 3 heteroatoms. The first-order chi connectivity index (χ1) is 4.72. The van der Waals surface area contributed by atoms with Gasteiger partial charge in [-0.25, -0.2) is 4.79 Å². The predicted octanol–water partition coefficient (Wildman–Crippen LogP) is 0.532. The topological polar surface area (TPSA) is 63.3 Å². The van der Waals surface area contributed by atoms with Crippen LogP contribution in [0.5, 0.6) is 0 Å². The molecule has 0 heterocycles. The number of carboxylic acids is 1. The molecule has 0 unspecified atom stereocenters. The lowest BCUT2D eigenvalue weighted by Crippen LogP contribution is -2.11. The predicted molar refractivity (Wildman–Crippen MR) is 39.6 cm³/mol. The molecule has 0 aromatic rings. The van der Waals surface area contributed by atoms with Crippen LogP contribution in [-0.4, -0.2) is 17.6 Å². The first-order valence-electron chi connectivity index (χ1n) is 2.95. The van der Waals surface area contributed by atoms with Gasteiger partial charge in [0.05, 0.1) is 0 Å². The highest BCUT2D eigenvalue weighted by Crippen LogP contribution is 1.94. The second kappa shape index (κ2) is 4.76. The number of aliphatic carboxylic acids is 1. The number of hydrogen-bond acceptors (Lipinski definition) is 2. The van der Waals surface area contributed by atoms with Crippen LogP contribution in [0, 0.1) is 0 Å². The monoisotopic (exact) mass is 141 g/mol. The Balaban J connectivity index is 4.03. The van der Waals surface area contributed by atoms with Gasteiger partial charge in [-0.3, -0.25) is 0 Å². The second-order valence-corrected chi connectivity index (χ2v) is 1.76. The van der Waals surface area contributed by atoms with E-state index in [1.165, 1.54) is 0 Å². The molecule has 3 N–H and O–H groups in total. The summed E-state index contributed by atoms with van der Waals surface area (Å²) in [6.45, 7) is 3.52. The van der Waals surface area contributed by atoms with Crippen LogP contribution in [-0.2, 0) is 4.79 Å². The normalized spacial score (nSPS) is 11.1. The molecule has 0 atom stereocenters. The molecule has 0 radical (unpaired) electrons. The van der Waals surface area contributed by atoms with Crippen molar-refractivity contribution in [2.75, 3.05) is 6.54 Å². The summed E-state index contributed by atoms with van der Waals surface area (Å²) in [4.78, 5) is 10.3. The summed E-state index contributed by atoms with van der Waals surface area (Å²) >= 11 is 0. The molecule has 0 fully saturated rings. The average molecular weight is 141 g/mol. The molecule has 0 aliphatic rings. The van der Waals surface area contributed by atoms with Crippen molar-refractivity contribution in [3.8, 4) is 0 Å². The largest absolute Gasteiger partial charge is 0.478 e. The quantitative estimate of drug-likeness (QED) is 0.443. The lowest BCUT2D eigenvalue weighted by molar-refractivity contribution is -0.132. The third-order valence-corrected chi connectivity index (χ3v) is 1.03. The summed E-state index contributed by atoms with van der Waals surface area (Å²) in [6, 6.07) is 0. The summed E-state index contributed by atoms with van der Waals surface area (Å²) in [5.74, 6) is -0.954. The number of allylic oxidation sites excluding steroid dienone is 2. The van der Waals surface area contributed by atoms with Crippen molar-refractivity contribution in [2.45, 2.75) is 6.42 Å². The highest BCUT2D eigenvalue weighted by molar-refractivity contribution is 5.86. The molecule has 0 rings (SSSR count). The van der Waals surface area contributed by atoms with Crippen LogP contribution in [0.4, 0.5) is 0 Å². The van der Waals surface area contributed by atoms with E-state index in [4.69, 9.17) is 10.8 Å². The van der Waals surface area contributed by atoms with E-state index in [9.17, 15) is 4.79 Å². The van der Waals surface area contributed by atoms with Gasteiger partial charge in [-0.2, -0.15) is 0 Å². The van der Waals surface area contributed by atoms with Crippen LogP contribution in [0.3, 0.4) is 0 Å². The van der Waals surface area contributed by atoms with Gasteiger partial charge in [-0.05, 0) is 6.42 Å². The minimum absolute atomic E-state index is 0.0726. The molecular weight excluding hydrogens is 130 g/mol. The molecule has 56 valence electrons. The second-order valence-electron chi connectivity index (χ2n) is 1.76. The maximum atomic E-state index is 10.3. The van der Waals surface area contributed by atoms with Crippen LogP contribution in [0.15, 0.2) is 24.3 Å². The third kappa shape index (κ3) is 3.04. The summed E-state index contributed by atoms with van der Waals surface area (Å²) in [6.07, 6.45) is 3.73. The molecule has 0 amide bonds. The molecule has 0 aromatic carbocycles. The zero-order valence-corrected chi connectivity index (χ0v) is 5.71. The molecule has 10 heavy (non-hydrogen) atoms. The molecule has 0 saturated heterocycles. The van der Waals surface area contributed by atoms with E-state index in [1.807, 2.05) is 0 Å². The lowest BCUT2D eigenvalue weighted by Gasteiger charge is -1.93. The van der Waals surface area contributed by atoms with Crippen molar-refractivity contribution in [2.24, 2.45) is 5.73 Å². The Bertz CT molecular complexity index is 161. The van der Waals surface area contributed by atoms with Crippen LogP contribution >= 0.6 is 0 Å². The summed E-state index contributed by atoms with van der Waals surface area (Å²) in [5, 5.41) is 8.42. The maximum absolute atomic E-state index is 10.3. The van der Waals surface area contributed by atoms with Gasteiger partial charge in [0.2, 0.25) is 0 Å². The molecule has 0 aliphatic carbocycles. The standard InChI is InChI=1S/C7H11NO2/c1-2-3-4-6(5-8)7(9)10/h2,4H,1,3,5,8H2,(H,9,10). The molecule has 0 bridgehead atoms. The Morgan fingerprint density at radius 1 is 1.70 bits per heavy atom. The van der Waals surface area contributed by atoms with Crippen molar-refractivity contribution < 1.29 is 9.90 Å². The van der Waals surface area contributed by atoms with Gasteiger partial charge in [0.25, 0.3) is 0 Å². The SMILES string of the molecule is C=CCC=C(CN)C(=O)O. The third-order valence-electron chi connectivity index (χ3n) is 1.03. The van der Waals surface area contributed by atoms with E-state index in [-0.39, 0.29) is 12.1 Å². The lowest BCUT2D eigenvalue weighted by atomic mass is 10.2. The van der Waals surface area contributed by atoms with E-state index >= 15 is 0 Å². The number of hydrogen-bond donors (Lipinski definition) is 2. The highest BCUT2D eigenvalue weighted by atomic mass is 16.4. The molecule has 3 nitrogen and oxygen atoms in total. The molecular formula is C7H11NO2. The van der Waals surface area contributed by atoms with E-state index in [2.05, 4.69) is 6.58 Å². The Hall–Kier alpha value is -1.09. The van der Waals surface area contributed by atoms with Crippen LogP contribution < -0.4 is 5.73 Å². The Morgan fingerprint density at radius 2 is 2.30 bits per heavy atom. The van der Waals surface area contributed by atoms with Crippen molar-refractivity contribution in [3.05, 3.63) is 24.3 Å². The Labute approximate surface area is 59.8 Å². The van der Waals surface area contributed by atoms with Crippen molar-refractivity contribution >= 4 is 5.97 Å². The molecule has 0 aliphatic heterocycles. The molecule has 0 aromatic heterocycles. The zero-order chi connectivity index (χ0) is 7.98. The van der Waals surface area contributed by atoms with Crippen LogP contribution in [0.2, 0.25) is 0 Å². The smallest absolute Gasteiger partial charge is 0.332 e. The van der Waals surface area contributed by atoms with E-state index in [1.54, 1.807) is 12.2 Å². The van der Waals surface area contributed by atoms with Gasteiger partial charge in [0, 0.05) is 12.1 Å². The van der Waals surface area contributed by atoms with Gasteiger partial charge in [-0.1, -0.05) is 12.2 Å². The van der Waals surface area contributed by atoms with E-state index in [0.717, 1.165) is 0 Å². The Kier molecular flexibility index (Phi) is 4.24. The van der Waals surface area contributed by atoms with Crippen LogP contribution in [0.25, 0.3) is 0 Å². The zero-order valence-electron chi connectivity index (χ0n) is 5.71. The minimum Gasteiger partial charge on any atom is -0.478 e. The Morgan fingerprint density at radius 3 is 2.60 bits per heavy atom. The molecule has 0 spiro atoms. The summed E-state index contributed by atoms with van der Waals surface area (Å²) in [7, 11) is 0. The van der Waals surface area contributed by atoms with E-state index < -0.39 is 5.97 Å². The fraction of sp³-hybridized carbons (Fsp3) is 0.286.